The van der Waals surface area contributed by atoms with Crippen molar-refractivity contribution in [2.75, 3.05) is 6.61 Å². The maximum Gasteiger partial charge on any atom is 0.129 e. The number of aliphatic hydroxyl groups is 1. The van der Waals surface area contributed by atoms with Crippen molar-refractivity contribution < 1.29 is 14.2 Å². The topological polar surface area (TPSA) is 29.5 Å². The molecule has 0 aromatic heterocycles. The molecular formula is C13H16BrFO2. The Labute approximate surface area is 109 Å². The molecule has 4 heteroatoms. The van der Waals surface area contributed by atoms with Gasteiger partial charge in [0.1, 0.15) is 5.82 Å². The van der Waals surface area contributed by atoms with Crippen molar-refractivity contribution in [1.29, 1.82) is 0 Å². The minimum Gasteiger partial charge on any atom is -0.385 e. The second kappa shape index (κ2) is 4.34. The van der Waals surface area contributed by atoms with Crippen molar-refractivity contribution in [2.24, 2.45) is 0 Å². The van der Waals surface area contributed by atoms with E-state index in [1.807, 2.05) is 13.8 Å². The van der Waals surface area contributed by atoms with Gasteiger partial charge in [0.25, 0.3) is 0 Å². The fourth-order valence-corrected chi connectivity index (χ4v) is 2.78. The summed E-state index contributed by atoms with van der Waals surface area (Å²) in [5, 5.41) is 10.6. The van der Waals surface area contributed by atoms with E-state index >= 15 is 0 Å². The van der Waals surface area contributed by atoms with E-state index in [0.29, 0.717) is 25.0 Å². The van der Waals surface area contributed by atoms with Crippen LogP contribution >= 0.6 is 15.9 Å². The number of hydrogen-bond donors (Lipinski definition) is 1. The minimum absolute atomic E-state index is 0.350. The number of benzene rings is 1. The molecule has 0 saturated carbocycles. The Kier molecular flexibility index (Phi) is 3.31. The molecule has 94 valence electrons. The van der Waals surface area contributed by atoms with Gasteiger partial charge < -0.3 is 9.84 Å². The lowest BCUT2D eigenvalue weighted by atomic mass is 9.79. The second-order valence-electron chi connectivity index (χ2n) is 5.19. The number of halogens is 2. The van der Waals surface area contributed by atoms with E-state index in [9.17, 15) is 9.50 Å². The Balaban J connectivity index is 2.40. The average molecular weight is 303 g/mol. The summed E-state index contributed by atoms with van der Waals surface area (Å²) in [6.45, 7) is 4.26. The van der Waals surface area contributed by atoms with Gasteiger partial charge in [0, 0.05) is 22.9 Å². The monoisotopic (exact) mass is 302 g/mol. The molecule has 2 nitrogen and oxygen atoms in total. The Morgan fingerprint density at radius 1 is 1.41 bits per heavy atom. The molecule has 1 aromatic carbocycles. The van der Waals surface area contributed by atoms with E-state index in [0.717, 1.165) is 4.47 Å². The molecule has 1 aromatic rings. The van der Waals surface area contributed by atoms with Crippen LogP contribution in [0.5, 0.6) is 0 Å². The summed E-state index contributed by atoms with van der Waals surface area (Å²) in [7, 11) is 0. The standard InChI is InChI=1S/C13H16BrFO2/c1-12(2)8-13(16,5-6-17-12)10-7-9(14)3-4-11(10)15/h3-4,7,16H,5-6,8H2,1-2H3. The second-order valence-corrected chi connectivity index (χ2v) is 6.11. The summed E-state index contributed by atoms with van der Waals surface area (Å²) in [6.07, 6.45) is 0.817. The molecule has 17 heavy (non-hydrogen) atoms. The van der Waals surface area contributed by atoms with Gasteiger partial charge in [-0.1, -0.05) is 15.9 Å². The highest BCUT2D eigenvalue weighted by atomic mass is 79.9. The molecular weight excluding hydrogens is 287 g/mol. The quantitative estimate of drug-likeness (QED) is 0.862. The summed E-state index contributed by atoms with van der Waals surface area (Å²) in [4.78, 5) is 0. The minimum atomic E-state index is -1.14. The zero-order chi connectivity index (χ0) is 12.7. The molecule has 1 N–H and O–H groups in total. The highest BCUT2D eigenvalue weighted by Gasteiger charge is 2.42. The van der Waals surface area contributed by atoms with E-state index in [4.69, 9.17) is 4.74 Å². The Morgan fingerprint density at radius 3 is 2.76 bits per heavy atom. The zero-order valence-corrected chi connectivity index (χ0v) is 11.6. The van der Waals surface area contributed by atoms with Gasteiger partial charge in [-0.2, -0.15) is 0 Å². The fourth-order valence-electron chi connectivity index (χ4n) is 2.42. The third-order valence-corrected chi connectivity index (χ3v) is 3.65. The Bertz CT molecular complexity index is 433. The van der Waals surface area contributed by atoms with Gasteiger partial charge in [-0.05, 0) is 32.0 Å². The first-order valence-corrected chi connectivity index (χ1v) is 6.44. The summed E-state index contributed by atoms with van der Waals surface area (Å²) in [6, 6.07) is 4.66. The smallest absolute Gasteiger partial charge is 0.129 e. The first-order valence-electron chi connectivity index (χ1n) is 5.64. The van der Waals surface area contributed by atoms with Crippen molar-refractivity contribution in [3.63, 3.8) is 0 Å². The predicted octanol–water partition coefficient (Wildman–Crippen LogP) is 3.36. The van der Waals surface area contributed by atoms with E-state index in [1.165, 1.54) is 6.07 Å². The Morgan fingerprint density at radius 2 is 2.12 bits per heavy atom. The lowest BCUT2D eigenvalue weighted by Gasteiger charge is -2.41. The van der Waals surface area contributed by atoms with Gasteiger partial charge in [0.2, 0.25) is 0 Å². The lowest BCUT2D eigenvalue weighted by molar-refractivity contribution is -0.149. The molecule has 1 aliphatic heterocycles. The summed E-state index contributed by atoms with van der Waals surface area (Å²) in [5.41, 5.74) is -1.22. The fraction of sp³-hybridized carbons (Fsp3) is 0.538. The van der Waals surface area contributed by atoms with Crippen molar-refractivity contribution >= 4 is 15.9 Å². The first-order chi connectivity index (χ1) is 7.82. The van der Waals surface area contributed by atoms with E-state index < -0.39 is 11.2 Å². The highest BCUT2D eigenvalue weighted by molar-refractivity contribution is 9.10. The molecule has 1 aliphatic rings. The van der Waals surface area contributed by atoms with Crippen LogP contribution in [0.1, 0.15) is 32.3 Å². The summed E-state index contributed by atoms with van der Waals surface area (Å²) < 4.78 is 20.2. The SMILES string of the molecule is CC1(C)CC(O)(c2cc(Br)ccc2F)CCO1. The maximum atomic E-state index is 13.8. The largest absolute Gasteiger partial charge is 0.385 e. The third-order valence-electron chi connectivity index (χ3n) is 3.16. The summed E-state index contributed by atoms with van der Waals surface area (Å²) in [5.74, 6) is -0.367. The predicted molar refractivity (Wildman–Crippen MR) is 67.3 cm³/mol. The molecule has 0 bridgehead atoms. The molecule has 2 rings (SSSR count). The van der Waals surface area contributed by atoms with E-state index in [-0.39, 0.29) is 5.82 Å². The molecule has 0 amide bonds. The summed E-state index contributed by atoms with van der Waals surface area (Å²) >= 11 is 3.31. The maximum absolute atomic E-state index is 13.8. The van der Waals surface area contributed by atoms with Crippen LogP contribution in [0, 0.1) is 5.82 Å². The van der Waals surface area contributed by atoms with Gasteiger partial charge in [-0.25, -0.2) is 4.39 Å². The van der Waals surface area contributed by atoms with Crippen LogP contribution in [0.3, 0.4) is 0 Å². The van der Waals surface area contributed by atoms with Gasteiger partial charge in [0.15, 0.2) is 0 Å². The zero-order valence-electron chi connectivity index (χ0n) is 9.96. The van der Waals surface area contributed by atoms with E-state index in [1.54, 1.807) is 12.1 Å². The van der Waals surface area contributed by atoms with Crippen molar-refractivity contribution in [3.05, 3.63) is 34.1 Å². The van der Waals surface area contributed by atoms with Crippen molar-refractivity contribution in [3.8, 4) is 0 Å². The van der Waals surface area contributed by atoms with Crippen LogP contribution in [0.2, 0.25) is 0 Å². The number of ether oxygens (including phenoxy) is 1. The highest BCUT2D eigenvalue weighted by Crippen LogP contribution is 2.40. The van der Waals surface area contributed by atoms with Gasteiger partial charge in [-0.15, -0.1) is 0 Å². The van der Waals surface area contributed by atoms with Crippen LogP contribution in [-0.2, 0) is 10.3 Å². The van der Waals surface area contributed by atoms with E-state index in [2.05, 4.69) is 15.9 Å². The molecule has 1 atom stereocenters. The molecule has 1 unspecified atom stereocenters. The van der Waals surface area contributed by atoms with Crippen molar-refractivity contribution in [1.82, 2.24) is 0 Å². The van der Waals surface area contributed by atoms with Crippen LogP contribution in [0.15, 0.2) is 22.7 Å². The average Bonchev–Trinajstić information content (AvgIpc) is 2.19. The Hall–Kier alpha value is -0.450. The van der Waals surface area contributed by atoms with Crippen LogP contribution < -0.4 is 0 Å². The molecule has 0 aliphatic carbocycles. The van der Waals surface area contributed by atoms with Crippen LogP contribution in [0.25, 0.3) is 0 Å². The molecule has 0 spiro atoms. The number of rotatable bonds is 1. The molecule has 1 saturated heterocycles. The van der Waals surface area contributed by atoms with Crippen LogP contribution in [0.4, 0.5) is 4.39 Å². The first kappa shape index (κ1) is 13.0. The molecule has 1 fully saturated rings. The number of hydrogen-bond acceptors (Lipinski definition) is 2. The normalized spacial score (nSPS) is 28.1. The van der Waals surface area contributed by atoms with Gasteiger partial charge >= 0.3 is 0 Å². The van der Waals surface area contributed by atoms with Crippen molar-refractivity contribution in [2.45, 2.75) is 37.9 Å². The van der Waals surface area contributed by atoms with Gasteiger partial charge in [0.05, 0.1) is 17.8 Å². The van der Waals surface area contributed by atoms with Crippen LogP contribution in [-0.4, -0.2) is 17.3 Å². The molecule has 1 heterocycles. The third kappa shape index (κ3) is 2.69. The lowest BCUT2D eigenvalue weighted by Crippen LogP contribution is -2.44. The van der Waals surface area contributed by atoms with Gasteiger partial charge in [-0.3, -0.25) is 0 Å². The molecule has 0 radical (unpaired) electrons.